The molecule has 1 fully saturated rings. The zero-order chi connectivity index (χ0) is 19.5. The number of rotatable bonds is 6. The summed E-state index contributed by atoms with van der Waals surface area (Å²) >= 11 is 0. The average Bonchev–Trinajstić information content (AvgIpc) is 2.62. The number of anilines is 1. The van der Waals surface area contributed by atoms with E-state index in [9.17, 15) is 16.8 Å². The van der Waals surface area contributed by atoms with Crippen LogP contribution in [0.25, 0.3) is 0 Å². The lowest BCUT2D eigenvalue weighted by Crippen LogP contribution is -2.48. The van der Waals surface area contributed by atoms with Crippen LogP contribution >= 0.6 is 0 Å². The lowest BCUT2D eigenvalue weighted by Gasteiger charge is -2.34. The van der Waals surface area contributed by atoms with E-state index in [1.165, 1.54) is 34.1 Å². The van der Waals surface area contributed by atoms with Gasteiger partial charge in [0.1, 0.15) is 0 Å². The maximum atomic E-state index is 12.8. The Kier molecular flexibility index (Phi) is 5.85. The maximum Gasteiger partial charge on any atom is 0.243 e. The number of benzene rings is 2. The van der Waals surface area contributed by atoms with Crippen molar-refractivity contribution in [3.8, 4) is 0 Å². The molecule has 0 unspecified atom stereocenters. The van der Waals surface area contributed by atoms with Crippen LogP contribution in [-0.2, 0) is 26.6 Å². The molecule has 3 rings (SSSR count). The molecule has 146 valence electrons. The average molecular weight is 410 g/mol. The molecular weight excluding hydrogens is 386 g/mol. The normalized spacial score (nSPS) is 16.9. The van der Waals surface area contributed by atoms with Crippen molar-refractivity contribution in [3.05, 3.63) is 60.2 Å². The van der Waals surface area contributed by atoms with Crippen molar-refractivity contribution >= 4 is 25.7 Å². The fraction of sp³-hybridized carbons (Fsp3) is 0.333. The summed E-state index contributed by atoms with van der Waals surface area (Å²) < 4.78 is 51.9. The van der Waals surface area contributed by atoms with Gasteiger partial charge in [-0.2, -0.15) is 4.31 Å². The summed E-state index contributed by atoms with van der Waals surface area (Å²) in [6, 6.07) is 15.9. The van der Waals surface area contributed by atoms with Gasteiger partial charge in [-0.15, -0.1) is 0 Å². The van der Waals surface area contributed by atoms with Crippen LogP contribution in [0.4, 0.5) is 5.69 Å². The molecule has 7 nitrogen and oxygen atoms in total. The summed E-state index contributed by atoms with van der Waals surface area (Å²) in [5, 5.41) is 0. The van der Waals surface area contributed by atoms with E-state index in [1.54, 1.807) is 0 Å². The molecule has 2 aromatic rings. The first-order chi connectivity index (χ1) is 12.7. The van der Waals surface area contributed by atoms with Crippen LogP contribution < -0.4 is 4.72 Å². The van der Waals surface area contributed by atoms with Gasteiger partial charge in [0, 0.05) is 38.4 Å². The Morgan fingerprint density at radius 1 is 0.852 bits per heavy atom. The number of nitrogens with zero attached hydrogens (tertiary/aromatic N) is 2. The fourth-order valence-electron chi connectivity index (χ4n) is 3.03. The third kappa shape index (κ3) is 5.29. The lowest BCUT2D eigenvalue weighted by atomic mass is 10.2. The molecule has 27 heavy (non-hydrogen) atoms. The van der Waals surface area contributed by atoms with Gasteiger partial charge in [0.25, 0.3) is 0 Å². The molecule has 0 atom stereocenters. The Balaban J connectivity index is 1.63. The molecule has 1 aliphatic heterocycles. The van der Waals surface area contributed by atoms with Crippen LogP contribution in [0.15, 0.2) is 59.5 Å². The summed E-state index contributed by atoms with van der Waals surface area (Å²) in [5.74, 6) is 0. The van der Waals surface area contributed by atoms with Gasteiger partial charge in [0.15, 0.2) is 0 Å². The topological polar surface area (TPSA) is 86.8 Å². The second-order valence-corrected chi connectivity index (χ2v) is 10.3. The SMILES string of the molecule is CS(=O)(=O)Nc1ccc(S(=O)(=O)N2CCN(Cc3ccccc3)CC2)cc1. The van der Waals surface area contributed by atoms with Crippen molar-refractivity contribution in [3.63, 3.8) is 0 Å². The van der Waals surface area contributed by atoms with Gasteiger partial charge in [-0.3, -0.25) is 9.62 Å². The van der Waals surface area contributed by atoms with Gasteiger partial charge in [-0.05, 0) is 29.8 Å². The highest BCUT2D eigenvalue weighted by Crippen LogP contribution is 2.20. The van der Waals surface area contributed by atoms with E-state index in [-0.39, 0.29) is 4.90 Å². The molecule has 9 heteroatoms. The van der Waals surface area contributed by atoms with Crippen LogP contribution in [-0.4, -0.2) is 58.5 Å². The van der Waals surface area contributed by atoms with E-state index in [4.69, 9.17) is 0 Å². The Morgan fingerprint density at radius 2 is 1.44 bits per heavy atom. The minimum atomic E-state index is -3.59. The van der Waals surface area contributed by atoms with Crippen molar-refractivity contribution < 1.29 is 16.8 Å². The summed E-state index contributed by atoms with van der Waals surface area (Å²) in [5.41, 5.74) is 1.55. The number of hydrogen-bond donors (Lipinski definition) is 1. The predicted octanol–water partition coefficient (Wildman–Crippen LogP) is 1.56. The van der Waals surface area contributed by atoms with Crippen LogP contribution in [0.3, 0.4) is 0 Å². The zero-order valence-corrected chi connectivity index (χ0v) is 16.7. The van der Waals surface area contributed by atoms with E-state index in [0.29, 0.717) is 31.9 Å². The summed E-state index contributed by atoms with van der Waals surface area (Å²) in [6.07, 6.45) is 1.05. The quantitative estimate of drug-likeness (QED) is 0.783. The van der Waals surface area contributed by atoms with Crippen molar-refractivity contribution in [2.75, 3.05) is 37.2 Å². The highest BCUT2D eigenvalue weighted by molar-refractivity contribution is 7.92. The van der Waals surface area contributed by atoms with E-state index in [0.717, 1.165) is 12.8 Å². The maximum absolute atomic E-state index is 12.8. The molecule has 0 spiro atoms. The van der Waals surface area contributed by atoms with Gasteiger partial charge in [0.2, 0.25) is 20.0 Å². The molecule has 1 heterocycles. The molecule has 0 aromatic heterocycles. The Bertz CT molecular complexity index is 967. The largest absolute Gasteiger partial charge is 0.296 e. The zero-order valence-electron chi connectivity index (χ0n) is 15.1. The van der Waals surface area contributed by atoms with Gasteiger partial charge in [-0.25, -0.2) is 16.8 Å². The molecule has 0 bridgehead atoms. The third-order valence-corrected chi connectivity index (χ3v) is 6.89. The van der Waals surface area contributed by atoms with E-state index < -0.39 is 20.0 Å². The lowest BCUT2D eigenvalue weighted by molar-refractivity contribution is 0.181. The summed E-state index contributed by atoms with van der Waals surface area (Å²) in [4.78, 5) is 2.40. The summed E-state index contributed by atoms with van der Waals surface area (Å²) in [6.45, 7) is 3.00. The minimum absolute atomic E-state index is 0.165. The Labute approximate surface area is 160 Å². The second-order valence-electron chi connectivity index (χ2n) is 6.56. The van der Waals surface area contributed by atoms with Gasteiger partial charge in [-0.1, -0.05) is 30.3 Å². The number of sulfonamides is 2. The number of hydrogen-bond acceptors (Lipinski definition) is 5. The molecule has 0 aliphatic carbocycles. The highest BCUT2D eigenvalue weighted by Gasteiger charge is 2.28. The van der Waals surface area contributed by atoms with E-state index >= 15 is 0 Å². The number of piperazine rings is 1. The summed E-state index contributed by atoms with van der Waals surface area (Å²) in [7, 11) is -6.98. The first kappa shape index (κ1) is 19.8. The number of nitrogens with one attached hydrogen (secondary N) is 1. The highest BCUT2D eigenvalue weighted by atomic mass is 32.2. The first-order valence-electron chi connectivity index (χ1n) is 8.58. The first-order valence-corrected chi connectivity index (χ1v) is 11.9. The van der Waals surface area contributed by atoms with Crippen molar-refractivity contribution in [2.45, 2.75) is 11.4 Å². The fourth-order valence-corrected chi connectivity index (χ4v) is 5.01. The van der Waals surface area contributed by atoms with Crippen LogP contribution in [0, 0.1) is 0 Å². The molecule has 2 aromatic carbocycles. The van der Waals surface area contributed by atoms with Crippen LogP contribution in [0.1, 0.15) is 5.56 Å². The van der Waals surface area contributed by atoms with Crippen LogP contribution in [0.5, 0.6) is 0 Å². The smallest absolute Gasteiger partial charge is 0.243 e. The Hall–Kier alpha value is -1.94. The van der Waals surface area contributed by atoms with E-state index in [2.05, 4.69) is 21.8 Å². The molecule has 1 aliphatic rings. The molecule has 0 radical (unpaired) electrons. The molecule has 1 N–H and O–H groups in total. The predicted molar refractivity (Wildman–Crippen MR) is 105 cm³/mol. The Morgan fingerprint density at radius 3 is 2.00 bits per heavy atom. The molecule has 0 saturated carbocycles. The van der Waals surface area contributed by atoms with E-state index in [1.807, 2.05) is 18.2 Å². The second kappa shape index (κ2) is 7.97. The van der Waals surface area contributed by atoms with Gasteiger partial charge >= 0.3 is 0 Å². The van der Waals surface area contributed by atoms with Crippen molar-refractivity contribution in [1.29, 1.82) is 0 Å². The van der Waals surface area contributed by atoms with Gasteiger partial charge < -0.3 is 0 Å². The molecule has 1 saturated heterocycles. The van der Waals surface area contributed by atoms with Crippen LogP contribution in [0.2, 0.25) is 0 Å². The minimum Gasteiger partial charge on any atom is -0.296 e. The van der Waals surface area contributed by atoms with Crippen molar-refractivity contribution in [1.82, 2.24) is 9.21 Å². The monoisotopic (exact) mass is 409 g/mol. The molecular formula is C18H23N3O4S2. The van der Waals surface area contributed by atoms with Crippen molar-refractivity contribution in [2.24, 2.45) is 0 Å². The third-order valence-electron chi connectivity index (χ3n) is 4.38. The standard InChI is InChI=1S/C18H23N3O4S2/c1-26(22,23)19-17-7-9-18(10-8-17)27(24,25)21-13-11-20(12-14-21)15-16-5-3-2-4-6-16/h2-10,19H,11-15H2,1H3. The van der Waals surface area contributed by atoms with Gasteiger partial charge in [0.05, 0.1) is 11.2 Å². The molecule has 0 amide bonds.